The molecule has 2 amide bonds. The average molecular weight is 370 g/mol. The number of ether oxygens (including phenoxy) is 1. The molecule has 0 aliphatic carbocycles. The second-order valence-electron chi connectivity index (χ2n) is 7.71. The molecule has 1 unspecified atom stereocenters. The first kappa shape index (κ1) is 18.3. The normalized spacial score (nSPS) is 21.5. The fourth-order valence-corrected chi connectivity index (χ4v) is 4.30. The van der Waals surface area contributed by atoms with Crippen LogP contribution in [0.5, 0.6) is 0 Å². The zero-order valence-electron chi connectivity index (χ0n) is 16.0. The first-order valence-electron chi connectivity index (χ1n) is 10.2. The van der Waals surface area contributed by atoms with Crippen molar-refractivity contribution in [2.45, 2.75) is 19.3 Å². The van der Waals surface area contributed by atoms with Crippen molar-refractivity contribution in [2.75, 3.05) is 52.5 Å². The lowest BCUT2D eigenvalue weighted by Gasteiger charge is -2.36. The van der Waals surface area contributed by atoms with Crippen LogP contribution in [0, 0.1) is 5.92 Å². The van der Waals surface area contributed by atoms with Crippen molar-refractivity contribution in [3.8, 4) is 0 Å². The molecule has 0 bridgehead atoms. The van der Waals surface area contributed by atoms with E-state index < -0.39 is 0 Å². The van der Waals surface area contributed by atoms with Gasteiger partial charge in [0.15, 0.2) is 0 Å². The zero-order valence-corrected chi connectivity index (χ0v) is 16.0. The van der Waals surface area contributed by atoms with Gasteiger partial charge in [-0.15, -0.1) is 0 Å². The standard InChI is InChI=1S/C21H30N4O2/c26-21(22-8-7-18-14-23-20-6-2-1-5-19(18)20)25-9-3-4-17(16-25)15-24-10-12-27-13-11-24/h1-2,5-6,14,17,23H,3-4,7-13,15-16H2,(H,22,26). The number of para-hydroxylation sites is 1. The molecule has 1 atom stereocenters. The summed E-state index contributed by atoms with van der Waals surface area (Å²) < 4.78 is 5.43. The van der Waals surface area contributed by atoms with Gasteiger partial charge in [0, 0.05) is 56.4 Å². The summed E-state index contributed by atoms with van der Waals surface area (Å²) in [5.41, 5.74) is 2.41. The molecule has 2 saturated heterocycles. The maximum absolute atomic E-state index is 12.6. The second kappa shape index (κ2) is 8.76. The number of aromatic nitrogens is 1. The predicted molar refractivity (Wildman–Crippen MR) is 107 cm³/mol. The molecule has 1 aromatic heterocycles. The summed E-state index contributed by atoms with van der Waals surface area (Å²) in [4.78, 5) is 20.4. The van der Waals surface area contributed by atoms with Gasteiger partial charge in [-0.25, -0.2) is 4.79 Å². The molecule has 4 rings (SSSR count). The molecule has 27 heavy (non-hydrogen) atoms. The molecule has 6 nitrogen and oxygen atoms in total. The van der Waals surface area contributed by atoms with E-state index in [-0.39, 0.29) is 6.03 Å². The van der Waals surface area contributed by atoms with Crippen LogP contribution in [0.3, 0.4) is 0 Å². The topological polar surface area (TPSA) is 60.6 Å². The predicted octanol–water partition coefficient (Wildman–Crippen LogP) is 2.46. The molecule has 2 aliphatic heterocycles. The van der Waals surface area contributed by atoms with E-state index in [0.717, 1.165) is 64.3 Å². The summed E-state index contributed by atoms with van der Waals surface area (Å²) in [5.74, 6) is 0.580. The Kier molecular flexibility index (Phi) is 5.94. The number of piperidine rings is 1. The van der Waals surface area contributed by atoms with E-state index in [1.807, 2.05) is 11.0 Å². The van der Waals surface area contributed by atoms with Crippen LogP contribution in [0.1, 0.15) is 18.4 Å². The number of H-pyrrole nitrogens is 1. The number of hydrogen-bond acceptors (Lipinski definition) is 3. The maximum Gasteiger partial charge on any atom is 0.317 e. The molecule has 3 heterocycles. The number of benzene rings is 1. The van der Waals surface area contributed by atoms with Crippen molar-refractivity contribution in [3.63, 3.8) is 0 Å². The summed E-state index contributed by atoms with van der Waals surface area (Å²) in [6.07, 6.45) is 5.22. The molecular formula is C21H30N4O2. The van der Waals surface area contributed by atoms with Crippen LogP contribution in [0.4, 0.5) is 4.79 Å². The Morgan fingerprint density at radius 1 is 1.22 bits per heavy atom. The second-order valence-corrected chi connectivity index (χ2v) is 7.71. The van der Waals surface area contributed by atoms with Crippen molar-refractivity contribution in [1.29, 1.82) is 0 Å². The number of amides is 2. The minimum absolute atomic E-state index is 0.0847. The lowest BCUT2D eigenvalue weighted by Crippen LogP contribution is -2.49. The number of aromatic amines is 1. The van der Waals surface area contributed by atoms with Crippen LogP contribution in [-0.4, -0.2) is 73.3 Å². The number of hydrogen-bond donors (Lipinski definition) is 2. The number of carbonyl (C=O) groups excluding carboxylic acids is 1. The van der Waals surface area contributed by atoms with Crippen molar-refractivity contribution < 1.29 is 9.53 Å². The molecule has 1 aromatic carbocycles. The van der Waals surface area contributed by atoms with Gasteiger partial charge in [-0.05, 0) is 36.8 Å². The first-order valence-corrected chi connectivity index (χ1v) is 10.2. The molecule has 146 valence electrons. The third kappa shape index (κ3) is 4.62. The fourth-order valence-electron chi connectivity index (χ4n) is 4.30. The van der Waals surface area contributed by atoms with Gasteiger partial charge in [0.05, 0.1) is 13.2 Å². The van der Waals surface area contributed by atoms with Crippen molar-refractivity contribution >= 4 is 16.9 Å². The lowest BCUT2D eigenvalue weighted by molar-refractivity contribution is 0.0249. The first-order chi connectivity index (χ1) is 13.3. The van der Waals surface area contributed by atoms with Crippen LogP contribution in [0.2, 0.25) is 0 Å². The summed E-state index contributed by atoms with van der Waals surface area (Å²) in [7, 11) is 0. The van der Waals surface area contributed by atoms with E-state index in [1.54, 1.807) is 0 Å². The molecule has 2 aliphatic rings. The van der Waals surface area contributed by atoms with Gasteiger partial charge in [0.2, 0.25) is 0 Å². The lowest BCUT2D eigenvalue weighted by atomic mass is 9.97. The van der Waals surface area contributed by atoms with Gasteiger partial charge in [-0.1, -0.05) is 18.2 Å². The Morgan fingerprint density at radius 3 is 2.96 bits per heavy atom. The molecule has 0 radical (unpaired) electrons. The van der Waals surface area contributed by atoms with Crippen LogP contribution in [0.25, 0.3) is 10.9 Å². The molecule has 6 heteroatoms. The molecule has 0 saturated carbocycles. The third-order valence-electron chi connectivity index (χ3n) is 5.77. The quantitative estimate of drug-likeness (QED) is 0.850. The Balaban J connectivity index is 1.24. The Bertz CT molecular complexity index is 753. The largest absolute Gasteiger partial charge is 0.379 e. The monoisotopic (exact) mass is 370 g/mol. The molecular weight excluding hydrogens is 340 g/mol. The Hall–Kier alpha value is -2.05. The number of urea groups is 1. The number of carbonyl (C=O) groups is 1. The third-order valence-corrected chi connectivity index (χ3v) is 5.77. The highest BCUT2D eigenvalue weighted by Crippen LogP contribution is 2.19. The highest BCUT2D eigenvalue weighted by atomic mass is 16.5. The smallest absolute Gasteiger partial charge is 0.317 e. The van der Waals surface area contributed by atoms with Crippen molar-refractivity contribution in [1.82, 2.24) is 20.1 Å². The van der Waals surface area contributed by atoms with E-state index in [9.17, 15) is 4.79 Å². The van der Waals surface area contributed by atoms with Crippen LogP contribution < -0.4 is 5.32 Å². The highest BCUT2D eigenvalue weighted by molar-refractivity contribution is 5.83. The Morgan fingerprint density at radius 2 is 2.07 bits per heavy atom. The molecule has 2 N–H and O–H groups in total. The molecule has 2 aromatic rings. The highest BCUT2D eigenvalue weighted by Gasteiger charge is 2.25. The molecule has 2 fully saturated rings. The van der Waals surface area contributed by atoms with E-state index in [0.29, 0.717) is 12.5 Å². The number of morpholine rings is 1. The van der Waals surface area contributed by atoms with Gasteiger partial charge in [-0.2, -0.15) is 0 Å². The average Bonchev–Trinajstić information content (AvgIpc) is 3.12. The number of nitrogens with zero attached hydrogens (tertiary/aromatic N) is 2. The Labute approximate surface area is 160 Å². The van der Waals surface area contributed by atoms with E-state index in [4.69, 9.17) is 4.74 Å². The minimum atomic E-state index is 0.0847. The number of rotatable bonds is 5. The van der Waals surface area contributed by atoms with E-state index >= 15 is 0 Å². The number of nitrogens with one attached hydrogen (secondary N) is 2. The SMILES string of the molecule is O=C(NCCc1c[nH]c2ccccc12)N1CCCC(CN2CCOCC2)C1. The van der Waals surface area contributed by atoms with Gasteiger partial charge in [-0.3, -0.25) is 4.90 Å². The van der Waals surface area contributed by atoms with Crippen molar-refractivity contribution in [3.05, 3.63) is 36.0 Å². The van der Waals surface area contributed by atoms with Crippen LogP contribution >= 0.6 is 0 Å². The van der Waals surface area contributed by atoms with E-state index in [2.05, 4.69) is 39.6 Å². The van der Waals surface area contributed by atoms with Crippen molar-refractivity contribution in [2.24, 2.45) is 5.92 Å². The van der Waals surface area contributed by atoms with Gasteiger partial charge in [0.1, 0.15) is 0 Å². The summed E-state index contributed by atoms with van der Waals surface area (Å²) in [6, 6.07) is 8.39. The van der Waals surface area contributed by atoms with Crippen LogP contribution in [-0.2, 0) is 11.2 Å². The molecule has 0 spiro atoms. The summed E-state index contributed by atoms with van der Waals surface area (Å²) >= 11 is 0. The van der Waals surface area contributed by atoms with Gasteiger partial charge < -0.3 is 19.9 Å². The van der Waals surface area contributed by atoms with Gasteiger partial charge >= 0.3 is 6.03 Å². The fraction of sp³-hybridized carbons (Fsp3) is 0.571. The van der Waals surface area contributed by atoms with Crippen LogP contribution in [0.15, 0.2) is 30.5 Å². The minimum Gasteiger partial charge on any atom is -0.379 e. The van der Waals surface area contributed by atoms with E-state index in [1.165, 1.54) is 17.4 Å². The maximum atomic E-state index is 12.6. The number of likely N-dealkylation sites (tertiary alicyclic amines) is 1. The zero-order chi connectivity index (χ0) is 18.5. The van der Waals surface area contributed by atoms with Gasteiger partial charge in [0.25, 0.3) is 0 Å². The summed E-state index contributed by atoms with van der Waals surface area (Å²) in [6.45, 7) is 7.22. The number of fused-ring (bicyclic) bond motifs is 1. The summed E-state index contributed by atoms with van der Waals surface area (Å²) in [5, 5.41) is 4.36.